The number of benzene rings is 1. The van der Waals surface area contributed by atoms with Gasteiger partial charge < -0.3 is 9.64 Å². The predicted octanol–water partition coefficient (Wildman–Crippen LogP) is 2.67. The summed E-state index contributed by atoms with van der Waals surface area (Å²) in [5, 5.41) is 0. The summed E-state index contributed by atoms with van der Waals surface area (Å²) in [4.78, 5) is 26.9. The number of carbonyl (C=O) groups excluding carboxylic acids is 2. The van der Waals surface area contributed by atoms with E-state index in [1.54, 1.807) is 12.1 Å². The van der Waals surface area contributed by atoms with Crippen molar-refractivity contribution in [2.24, 2.45) is 5.92 Å². The fourth-order valence-electron chi connectivity index (χ4n) is 4.41. The van der Waals surface area contributed by atoms with Crippen LogP contribution in [0, 0.1) is 5.92 Å². The molecular formula is C21H30N2O5S. The van der Waals surface area contributed by atoms with Crippen LogP contribution in [-0.4, -0.2) is 62.8 Å². The van der Waals surface area contributed by atoms with E-state index in [4.69, 9.17) is 4.74 Å². The maximum Gasteiger partial charge on any atom is 0.339 e. The first-order valence-electron chi connectivity index (χ1n) is 10.3. The van der Waals surface area contributed by atoms with Crippen LogP contribution in [0.4, 0.5) is 0 Å². The Kier molecular flexibility index (Phi) is 6.95. The molecule has 1 heterocycles. The summed E-state index contributed by atoms with van der Waals surface area (Å²) < 4.78 is 32.6. The Morgan fingerprint density at radius 3 is 2.45 bits per heavy atom. The van der Waals surface area contributed by atoms with Crippen LogP contribution in [0.1, 0.15) is 55.3 Å². The zero-order chi connectivity index (χ0) is 21.0. The fraction of sp³-hybridized carbons (Fsp3) is 0.619. The first-order valence-corrected chi connectivity index (χ1v) is 11.7. The normalized spacial score (nSPS) is 21.5. The molecule has 7 nitrogen and oxygen atoms in total. The highest BCUT2D eigenvalue weighted by Crippen LogP contribution is 2.29. The quantitative estimate of drug-likeness (QED) is 0.681. The van der Waals surface area contributed by atoms with Crippen LogP contribution in [-0.2, 0) is 19.6 Å². The van der Waals surface area contributed by atoms with Crippen molar-refractivity contribution in [3.05, 3.63) is 29.8 Å². The van der Waals surface area contributed by atoms with Gasteiger partial charge in [-0.15, -0.1) is 0 Å². The molecule has 0 aromatic heterocycles. The van der Waals surface area contributed by atoms with Crippen LogP contribution in [0.25, 0.3) is 0 Å². The van der Waals surface area contributed by atoms with Crippen molar-refractivity contribution >= 4 is 21.9 Å². The summed E-state index contributed by atoms with van der Waals surface area (Å²) >= 11 is 0. The van der Waals surface area contributed by atoms with E-state index in [1.807, 2.05) is 11.9 Å². The van der Waals surface area contributed by atoms with Gasteiger partial charge in [-0.25, -0.2) is 13.2 Å². The molecule has 2 aliphatic rings. The molecule has 1 saturated heterocycles. The molecule has 0 radical (unpaired) electrons. The number of hydrogen-bond acceptors (Lipinski definition) is 5. The number of carbonyl (C=O) groups is 2. The molecule has 1 aromatic rings. The number of nitrogens with zero attached hydrogens (tertiary/aromatic N) is 2. The number of rotatable bonds is 5. The van der Waals surface area contributed by atoms with Crippen LogP contribution in [0.5, 0.6) is 0 Å². The number of sulfonamides is 1. The predicted molar refractivity (Wildman–Crippen MR) is 109 cm³/mol. The Hall–Kier alpha value is -1.93. The number of methoxy groups -OCH3 is 1. The van der Waals surface area contributed by atoms with E-state index in [2.05, 4.69) is 0 Å². The van der Waals surface area contributed by atoms with Crippen molar-refractivity contribution in [2.75, 3.05) is 27.2 Å². The van der Waals surface area contributed by atoms with E-state index in [0.29, 0.717) is 19.4 Å². The highest BCUT2D eigenvalue weighted by Gasteiger charge is 2.37. The van der Waals surface area contributed by atoms with Crippen LogP contribution in [0.2, 0.25) is 0 Å². The van der Waals surface area contributed by atoms with E-state index in [1.165, 1.54) is 30.0 Å². The molecule has 3 rings (SSSR count). The van der Waals surface area contributed by atoms with E-state index in [-0.39, 0.29) is 34.9 Å². The molecule has 160 valence electrons. The Morgan fingerprint density at radius 1 is 1.07 bits per heavy atom. The van der Waals surface area contributed by atoms with Gasteiger partial charge in [-0.2, -0.15) is 4.31 Å². The highest BCUT2D eigenvalue weighted by atomic mass is 32.2. The summed E-state index contributed by atoms with van der Waals surface area (Å²) in [5.74, 6) is -1.01. The van der Waals surface area contributed by atoms with Gasteiger partial charge in [0, 0.05) is 26.2 Å². The third-order valence-corrected chi connectivity index (χ3v) is 8.04. The molecule has 1 amide bonds. The third kappa shape index (κ3) is 4.64. The van der Waals surface area contributed by atoms with Crippen molar-refractivity contribution in [3.8, 4) is 0 Å². The summed E-state index contributed by atoms with van der Waals surface area (Å²) in [6.45, 7) is 0.489. The average Bonchev–Trinajstić information content (AvgIpc) is 2.78. The molecule has 1 saturated carbocycles. The molecule has 0 bridgehead atoms. The molecule has 1 unspecified atom stereocenters. The molecule has 1 aromatic carbocycles. The van der Waals surface area contributed by atoms with E-state index < -0.39 is 16.0 Å². The molecule has 1 aliphatic carbocycles. The molecule has 2 fully saturated rings. The summed E-state index contributed by atoms with van der Waals surface area (Å²) in [6, 6.07) is 6.31. The molecule has 0 N–H and O–H groups in total. The van der Waals surface area contributed by atoms with E-state index in [0.717, 1.165) is 25.7 Å². The van der Waals surface area contributed by atoms with Gasteiger partial charge in [0.05, 0.1) is 23.5 Å². The van der Waals surface area contributed by atoms with Crippen molar-refractivity contribution in [2.45, 2.75) is 55.9 Å². The van der Waals surface area contributed by atoms with Crippen molar-refractivity contribution in [3.63, 3.8) is 0 Å². The Bertz CT molecular complexity index is 848. The molecule has 1 aliphatic heterocycles. The van der Waals surface area contributed by atoms with Crippen molar-refractivity contribution < 1.29 is 22.7 Å². The van der Waals surface area contributed by atoms with Crippen LogP contribution < -0.4 is 0 Å². The molecule has 29 heavy (non-hydrogen) atoms. The number of hydrogen-bond donors (Lipinski definition) is 0. The summed E-state index contributed by atoms with van der Waals surface area (Å²) in [7, 11) is -0.833. The van der Waals surface area contributed by atoms with Gasteiger partial charge in [0.1, 0.15) is 0 Å². The fourth-order valence-corrected chi connectivity index (χ4v) is 6.11. The van der Waals surface area contributed by atoms with Gasteiger partial charge in [-0.05, 0) is 37.8 Å². The van der Waals surface area contributed by atoms with Gasteiger partial charge >= 0.3 is 5.97 Å². The van der Waals surface area contributed by atoms with Gasteiger partial charge in [0.25, 0.3) is 0 Å². The van der Waals surface area contributed by atoms with Crippen LogP contribution in [0.3, 0.4) is 0 Å². The standard InChI is InChI=1S/C21H30N2O5S/c1-22(17-10-4-3-5-11-17)20(24)16-9-8-14-23(15-16)29(26,27)19-13-7-6-12-18(19)21(25)28-2/h6-7,12-13,16-17H,3-5,8-11,14-15H2,1-2H3. The largest absolute Gasteiger partial charge is 0.465 e. The number of amides is 1. The first kappa shape index (κ1) is 21.8. The summed E-state index contributed by atoms with van der Waals surface area (Å²) in [6.07, 6.45) is 6.82. The summed E-state index contributed by atoms with van der Waals surface area (Å²) in [5.41, 5.74) is 0.0165. The topological polar surface area (TPSA) is 84.0 Å². The van der Waals surface area contributed by atoms with Gasteiger partial charge in [0.2, 0.25) is 15.9 Å². The molecule has 0 spiro atoms. The van der Waals surface area contributed by atoms with Crippen molar-refractivity contribution in [1.82, 2.24) is 9.21 Å². The maximum absolute atomic E-state index is 13.3. The zero-order valence-corrected chi connectivity index (χ0v) is 18.0. The van der Waals surface area contributed by atoms with Crippen molar-refractivity contribution in [1.29, 1.82) is 0 Å². The number of piperidine rings is 1. The van der Waals surface area contributed by atoms with Gasteiger partial charge in [0.15, 0.2) is 0 Å². The van der Waals surface area contributed by atoms with E-state index >= 15 is 0 Å². The first-order chi connectivity index (χ1) is 13.9. The van der Waals surface area contributed by atoms with Gasteiger partial charge in [-0.1, -0.05) is 31.4 Å². The SMILES string of the molecule is COC(=O)c1ccccc1S(=O)(=O)N1CCCC(C(=O)N(C)C2CCCCC2)C1. The minimum absolute atomic E-state index is 0.0165. The Morgan fingerprint density at radius 2 is 1.76 bits per heavy atom. The minimum atomic E-state index is -3.90. The monoisotopic (exact) mass is 422 g/mol. The average molecular weight is 423 g/mol. The Balaban J connectivity index is 1.78. The molecule has 8 heteroatoms. The second-order valence-electron chi connectivity index (χ2n) is 7.93. The Labute approximate surface area is 173 Å². The highest BCUT2D eigenvalue weighted by molar-refractivity contribution is 7.89. The van der Waals surface area contributed by atoms with Gasteiger partial charge in [-0.3, -0.25) is 4.79 Å². The maximum atomic E-state index is 13.3. The molecular weight excluding hydrogens is 392 g/mol. The number of ether oxygens (including phenoxy) is 1. The van der Waals surface area contributed by atoms with E-state index in [9.17, 15) is 18.0 Å². The second kappa shape index (κ2) is 9.26. The second-order valence-corrected chi connectivity index (χ2v) is 9.84. The lowest BCUT2D eigenvalue weighted by molar-refractivity contribution is -0.138. The zero-order valence-electron chi connectivity index (χ0n) is 17.2. The lowest BCUT2D eigenvalue weighted by Gasteiger charge is -2.37. The third-order valence-electron chi connectivity index (χ3n) is 6.11. The number of esters is 1. The smallest absolute Gasteiger partial charge is 0.339 e. The minimum Gasteiger partial charge on any atom is -0.465 e. The lowest BCUT2D eigenvalue weighted by atomic mass is 9.92. The van der Waals surface area contributed by atoms with Crippen LogP contribution in [0.15, 0.2) is 29.2 Å². The molecule has 1 atom stereocenters. The lowest BCUT2D eigenvalue weighted by Crippen LogP contribution is -2.48. The van der Waals surface area contributed by atoms with Crippen LogP contribution >= 0.6 is 0 Å².